The van der Waals surface area contributed by atoms with Gasteiger partial charge in [-0.1, -0.05) is 103 Å². The molecule has 0 aromatic carbocycles. The number of aromatic amines is 2. The lowest BCUT2D eigenvalue weighted by atomic mass is 10.0. The summed E-state index contributed by atoms with van der Waals surface area (Å²) in [7, 11) is 0. The van der Waals surface area contributed by atoms with Gasteiger partial charge in [-0.05, 0) is 12.8 Å². The molecular weight excluding hydrogens is 296 g/mol. The third-order valence-corrected chi connectivity index (χ3v) is 4.95. The third-order valence-electron chi connectivity index (χ3n) is 4.95. The number of hydrogen-bond donors (Lipinski definition) is 2. The normalized spacial score (nSPS) is 11.2. The average Bonchev–Trinajstić information content (AvgIpc) is 3.00. The zero-order chi connectivity index (χ0) is 17.3. The standard InChI is InChI=1S/C21H40N2O/c1-2-3-4-5-6-7-8-9-10-11-12-13-14-15-16-17-18-20-19-22-21(24)23-20/h19H,2-18H2,1H3,(H2,22,23,24). The molecule has 0 spiro atoms. The number of nitrogens with one attached hydrogen (secondary N) is 2. The van der Waals surface area contributed by atoms with Crippen LogP contribution in [0.4, 0.5) is 0 Å². The molecule has 0 bridgehead atoms. The second-order valence-corrected chi connectivity index (χ2v) is 7.32. The van der Waals surface area contributed by atoms with E-state index in [0.717, 1.165) is 12.1 Å². The molecule has 0 aliphatic rings. The smallest absolute Gasteiger partial charge is 0.313 e. The van der Waals surface area contributed by atoms with Crippen molar-refractivity contribution in [3.8, 4) is 0 Å². The summed E-state index contributed by atoms with van der Waals surface area (Å²) in [6, 6.07) is 0. The van der Waals surface area contributed by atoms with Crippen molar-refractivity contribution < 1.29 is 0 Å². The van der Waals surface area contributed by atoms with Gasteiger partial charge in [-0.15, -0.1) is 0 Å². The predicted molar refractivity (Wildman–Crippen MR) is 105 cm³/mol. The molecule has 1 heterocycles. The van der Waals surface area contributed by atoms with Crippen LogP contribution in [0.2, 0.25) is 0 Å². The molecule has 0 aliphatic carbocycles. The first kappa shape index (κ1) is 21.1. The van der Waals surface area contributed by atoms with Crippen molar-refractivity contribution >= 4 is 0 Å². The van der Waals surface area contributed by atoms with E-state index in [1.54, 1.807) is 6.20 Å². The van der Waals surface area contributed by atoms with E-state index in [1.807, 2.05) is 0 Å². The van der Waals surface area contributed by atoms with E-state index >= 15 is 0 Å². The summed E-state index contributed by atoms with van der Waals surface area (Å²) in [5.41, 5.74) is 0.965. The molecule has 0 saturated heterocycles. The molecule has 0 amide bonds. The SMILES string of the molecule is CCCCCCCCCCCCCCCCCCc1c[nH]c(=O)[nH]1. The highest BCUT2D eigenvalue weighted by molar-refractivity contribution is 4.94. The van der Waals surface area contributed by atoms with E-state index in [1.165, 1.54) is 103 Å². The number of aromatic nitrogens is 2. The Balaban J connectivity index is 1.71. The van der Waals surface area contributed by atoms with Crippen molar-refractivity contribution in [3.05, 3.63) is 22.4 Å². The topological polar surface area (TPSA) is 48.6 Å². The molecule has 0 unspecified atom stereocenters. The van der Waals surface area contributed by atoms with E-state index < -0.39 is 0 Å². The van der Waals surface area contributed by atoms with Gasteiger partial charge in [0, 0.05) is 11.9 Å². The first-order valence-electron chi connectivity index (χ1n) is 10.6. The fraction of sp³-hybridized carbons (Fsp3) is 0.857. The fourth-order valence-corrected chi connectivity index (χ4v) is 3.37. The minimum atomic E-state index is -0.0820. The molecule has 0 atom stereocenters. The van der Waals surface area contributed by atoms with Gasteiger partial charge in [0.25, 0.3) is 0 Å². The van der Waals surface area contributed by atoms with Crippen molar-refractivity contribution in [2.24, 2.45) is 0 Å². The van der Waals surface area contributed by atoms with Gasteiger partial charge >= 0.3 is 5.69 Å². The minimum Gasteiger partial charge on any atom is -0.313 e. The lowest BCUT2D eigenvalue weighted by molar-refractivity contribution is 0.529. The summed E-state index contributed by atoms with van der Waals surface area (Å²) in [4.78, 5) is 16.4. The van der Waals surface area contributed by atoms with Crippen LogP contribution in [0.25, 0.3) is 0 Å². The van der Waals surface area contributed by atoms with Gasteiger partial charge in [0.1, 0.15) is 0 Å². The maximum absolute atomic E-state index is 11.0. The Labute approximate surface area is 149 Å². The number of imidazole rings is 1. The first-order chi connectivity index (χ1) is 11.8. The minimum absolute atomic E-state index is 0.0820. The van der Waals surface area contributed by atoms with Crippen LogP contribution in [-0.4, -0.2) is 9.97 Å². The number of H-pyrrole nitrogens is 2. The Kier molecular flexibility index (Phi) is 13.6. The highest BCUT2D eigenvalue weighted by atomic mass is 16.1. The van der Waals surface area contributed by atoms with Crippen LogP contribution in [0.5, 0.6) is 0 Å². The summed E-state index contributed by atoms with van der Waals surface area (Å²) in [6.45, 7) is 2.28. The molecule has 1 aromatic heterocycles. The van der Waals surface area contributed by atoms with Crippen molar-refractivity contribution in [2.45, 2.75) is 116 Å². The average molecular weight is 337 g/mol. The van der Waals surface area contributed by atoms with E-state index in [4.69, 9.17) is 0 Å². The lowest BCUT2D eigenvalue weighted by Crippen LogP contribution is -2.01. The van der Waals surface area contributed by atoms with Crippen LogP contribution in [0.3, 0.4) is 0 Å². The van der Waals surface area contributed by atoms with Crippen molar-refractivity contribution in [1.82, 2.24) is 9.97 Å². The summed E-state index contributed by atoms with van der Waals surface area (Å²) in [5, 5.41) is 0. The Morgan fingerprint density at radius 2 is 1.08 bits per heavy atom. The molecule has 3 nitrogen and oxygen atoms in total. The van der Waals surface area contributed by atoms with Crippen LogP contribution < -0.4 is 5.69 Å². The second-order valence-electron chi connectivity index (χ2n) is 7.32. The number of unbranched alkanes of at least 4 members (excludes halogenated alkanes) is 15. The van der Waals surface area contributed by atoms with Gasteiger partial charge in [-0.3, -0.25) is 0 Å². The quantitative estimate of drug-likeness (QED) is 0.313. The monoisotopic (exact) mass is 336 g/mol. The van der Waals surface area contributed by atoms with E-state index in [-0.39, 0.29) is 5.69 Å². The summed E-state index contributed by atoms with van der Waals surface area (Å²) < 4.78 is 0. The molecule has 24 heavy (non-hydrogen) atoms. The predicted octanol–water partition coefficient (Wildman–Crippen LogP) is 6.51. The first-order valence-corrected chi connectivity index (χ1v) is 10.6. The summed E-state index contributed by atoms with van der Waals surface area (Å²) in [5.74, 6) is 0. The van der Waals surface area contributed by atoms with Gasteiger partial charge < -0.3 is 9.97 Å². The van der Waals surface area contributed by atoms with E-state index in [0.29, 0.717) is 0 Å². The molecule has 1 aromatic rings. The highest BCUT2D eigenvalue weighted by Crippen LogP contribution is 2.14. The van der Waals surface area contributed by atoms with Crippen LogP contribution in [-0.2, 0) is 6.42 Å². The highest BCUT2D eigenvalue weighted by Gasteiger charge is 1.97. The van der Waals surface area contributed by atoms with Crippen molar-refractivity contribution in [1.29, 1.82) is 0 Å². The maximum atomic E-state index is 11.0. The number of aryl methyl sites for hydroxylation is 1. The largest absolute Gasteiger partial charge is 0.323 e. The van der Waals surface area contributed by atoms with Crippen LogP contribution in [0.15, 0.2) is 11.0 Å². The number of rotatable bonds is 17. The Hall–Kier alpha value is -0.990. The van der Waals surface area contributed by atoms with Gasteiger partial charge in [-0.2, -0.15) is 0 Å². The Morgan fingerprint density at radius 1 is 0.667 bits per heavy atom. The molecule has 0 saturated carbocycles. The number of hydrogen-bond acceptors (Lipinski definition) is 1. The second kappa shape index (κ2) is 15.5. The van der Waals surface area contributed by atoms with E-state index in [9.17, 15) is 4.79 Å². The Bertz CT molecular complexity index is 421. The van der Waals surface area contributed by atoms with Crippen LogP contribution in [0, 0.1) is 0 Å². The van der Waals surface area contributed by atoms with Gasteiger partial charge in [0.05, 0.1) is 0 Å². The maximum Gasteiger partial charge on any atom is 0.323 e. The fourth-order valence-electron chi connectivity index (χ4n) is 3.37. The van der Waals surface area contributed by atoms with Crippen molar-refractivity contribution in [3.63, 3.8) is 0 Å². The van der Waals surface area contributed by atoms with Gasteiger partial charge in [0.2, 0.25) is 0 Å². The molecule has 0 fully saturated rings. The molecule has 3 heteroatoms. The van der Waals surface area contributed by atoms with Gasteiger partial charge in [-0.25, -0.2) is 4.79 Å². The zero-order valence-corrected chi connectivity index (χ0v) is 16.0. The lowest BCUT2D eigenvalue weighted by Gasteiger charge is -2.03. The van der Waals surface area contributed by atoms with Crippen LogP contribution >= 0.6 is 0 Å². The molecule has 140 valence electrons. The molecular formula is C21H40N2O. The molecule has 0 aliphatic heterocycles. The van der Waals surface area contributed by atoms with Gasteiger partial charge in [0.15, 0.2) is 0 Å². The Morgan fingerprint density at radius 3 is 1.46 bits per heavy atom. The van der Waals surface area contributed by atoms with E-state index in [2.05, 4.69) is 16.9 Å². The summed E-state index contributed by atoms with van der Waals surface area (Å²) in [6.07, 6.45) is 25.2. The van der Waals surface area contributed by atoms with Crippen molar-refractivity contribution in [2.75, 3.05) is 0 Å². The molecule has 1 rings (SSSR count). The molecule has 0 radical (unpaired) electrons. The molecule has 2 N–H and O–H groups in total. The zero-order valence-electron chi connectivity index (χ0n) is 16.0. The summed E-state index contributed by atoms with van der Waals surface area (Å²) >= 11 is 0. The van der Waals surface area contributed by atoms with Crippen LogP contribution in [0.1, 0.15) is 115 Å². The third kappa shape index (κ3) is 12.4.